The molecule has 0 aliphatic carbocycles. The van der Waals surface area contributed by atoms with Crippen LogP contribution in [0.1, 0.15) is 37.6 Å². The minimum atomic E-state index is 0.262. The summed E-state index contributed by atoms with van der Waals surface area (Å²) in [6.45, 7) is 7.35. The quantitative estimate of drug-likeness (QED) is 0.748. The fraction of sp³-hybridized carbons (Fsp3) is 0.429. The number of H-pyrrole nitrogens is 1. The number of nitrogens with one attached hydrogen (secondary N) is 2. The van der Waals surface area contributed by atoms with E-state index in [1.165, 1.54) is 11.9 Å². The zero-order valence-corrected chi connectivity index (χ0v) is 12.5. The molecule has 0 spiro atoms. The van der Waals surface area contributed by atoms with Gasteiger partial charge >= 0.3 is 0 Å². The third-order valence-electron chi connectivity index (χ3n) is 3.62. The first-order valence-corrected chi connectivity index (χ1v) is 7.14. The molecule has 1 atom stereocenters. The lowest BCUT2D eigenvalue weighted by Gasteiger charge is -2.13. The minimum Gasteiger partial charge on any atom is -0.340 e. The smallest absolute Gasteiger partial charge is 0.182 e. The molecule has 0 bridgehead atoms. The molecule has 3 aromatic heterocycles. The SMILES string of the molecule is CCCNC(C)c1cnn(-c2ncnc3nc[nH]c23)c1C. The van der Waals surface area contributed by atoms with Crippen LogP contribution in [0.25, 0.3) is 17.0 Å². The van der Waals surface area contributed by atoms with E-state index in [-0.39, 0.29) is 6.04 Å². The van der Waals surface area contributed by atoms with Crippen molar-refractivity contribution in [2.45, 2.75) is 33.2 Å². The fourth-order valence-corrected chi connectivity index (χ4v) is 2.44. The molecule has 0 radical (unpaired) electrons. The molecule has 0 amide bonds. The van der Waals surface area contributed by atoms with Crippen molar-refractivity contribution in [2.24, 2.45) is 0 Å². The number of nitrogens with zero attached hydrogens (tertiary/aromatic N) is 5. The summed E-state index contributed by atoms with van der Waals surface area (Å²) in [5.74, 6) is 0.726. The first-order valence-electron chi connectivity index (χ1n) is 7.14. The van der Waals surface area contributed by atoms with Crippen LogP contribution in [0.2, 0.25) is 0 Å². The summed E-state index contributed by atoms with van der Waals surface area (Å²) in [5, 5.41) is 7.96. The third-order valence-corrected chi connectivity index (χ3v) is 3.62. The van der Waals surface area contributed by atoms with Crippen LogP contribution in [0.3, 0.4) is 0 Å². The highest BCUT2D eigenvalue weighted by Gasteiger charge is 2.16. The van der Waals surface area contributed by atoms with E-state index in [2.05, 4.69) is 51.1 Å². The Bertz CT molecular complexity index is 743. The van der Waals surface area contributed by atoms with Gasteiger partial charge in [-0.15, -0.1) is 0 Å². The van der Waals surface area contributed by atoms with E-state index in [4.69, 9.17) is 0 Å². The average Bonchev–Trinajstić information content (AvgIpc) is 3.11. The van der Waals surface area contributed by atoms with Crippen LogP contribution in [0.15, 0.2) is 18.9 Å². The molecule has 21 heavy (non-hydrogen) atoms. The molecule has 3 rings (SSSR count). The Labute approximate surface area is 122 Å². The highest BCUT2D eigenvalue weighted by Crippen LogP contribution is 2.21. The van der Waals surface area contributed by atoms with Crippen LogP contribution in [0.4, 0.5) is 0 Å². The van der Waals surface area contributed by atoms with Gasteiger partial charge in [0.2, 0.25) is 0 Å². The molecule has 0 saturated heterocycles. The molecule has 110 valence electrons. The summed E-state index contributed by atoms with van der Waals surface area (Å²) in [5.41, 5.74) is 3.69. The van der Waals surface area contributed by atoms with Crippen molar-refractivity contribution in [1.82, 2.24) is 35.0 Å². The fourth-order valence-electron chi connectivity index (χ4n) is 2.44. The highest BCUT2D eigenvalue weighted by molar-refractivity contribution is 5.77. The van der Waals surface area contributed by atoms with Gasteiger partial charge in [-0.2, -0.15) is 5.10 Å². The molecule has 7 heteroatoms. The van der Waals surface area contributed by atoms with Gasteiger partial charge in [-0.25, -0.2) is 19.6 Å². The molecule has 2 N–H and O–H groups in total. The van der Waals surface area contributed by atoms with Crippen LogP contribution in [-0.4, -0.2) is 36.3 Å². The highest BCUT2D eigenvalue weighted by atomic mass is 15.3. The normalized spacial score (nSPS) is 12.9. The zero-order valence-electron chi connectivity index (χ0n) is 12.5. The second-order valence-corrected chi connectivity index (χ2v) is 5.07. The summed E-state index contributed by atoms with van der Waals surface area (Å²) in [4.78, 5) is 15.7. The molecule has 0 aliphatic heterocycles. The topological polar surface area (TPSA) is 84.3 Å². The average molecular weight is 285 g/mol. The number of fused-ring (bicyclic) bond motifs is 1. The lowest BCUT2D eigenvalue weighted by molar-refractivity contribution is 0.568. The van der Waals surface area contributed by atoms with Gasteiger partial charge in [-0.1, -0.05) is 6.92 Å². The molecule has 0 aliphatic rings. The Morgan fingerprint density at radius 3 is 3.00 bits per heavy atom. The van der Waals surface area contributed by atoms with Crippen molar-refractivity contribution >= 4 is 11.2 Å². The van der Waals surface area contributed by atoms with Crippen LogP contribution >= 0.6 is 0 Å². The van der Waals surface area contributed by atoms with Gasteiger partial charge in [0.25, 0.3) is 0 Å². The zero-order chi connectivity index (χ0) is 14.8. The summed E-state index contributed by atoms with van der Waals surface area (Å²) >= 11 is 0. The van der Waals surface area contributed by atoms with Gasteiger partial charge in [0, 0.05) is 17.3 Å². The van der Waals surface area contributed by atoms with Gasteiger partial charge in [0.1, 0.15) is 11.8 Å². The molecular weight excluding hydrogens is 266 g/mol. The van der Waals surface area contributed by atoms with E-state index in [0.717, 1.165) is 30.0 Å². The number of aromatic amines is 1. The van der Waals surface area contributed by atoms with Gasteiger partial charge in [-0.3, -0.25) is 0 Å². The summed E-state index contributed by atoms with van der Waals surface area (Å²) in [7, 11) is 0. The van der Waals surface area contributed by atoms with Crippen LogP contribution < -0.4 is 5.32 Å². The summed E-state index contributed by atoms with van der Waals surface area (Å²) < 4.78 is 1.83. The van der Waals surface area contributed by atoms with Crippen molar-refractivity contribution in [3.05, 3.63) is 30.1 Å². The van der Waals surface area contributed by atoms with Crippen LogP contribution in [0.5, 0.6) is 0 Å². The van der Waals surface area contributed by atoms with Gasteiger partial charge < -0.3 is 10.3 Å². The molecule has 3 heterocycles. The van der Waals surface area contributed by atoms with Crippen LogP contribution in [0, 0.1) is 6.92 Å². The van der Waals surface area contributed by atoms with Crippen molar-refractivity contribution in [3.8, 4) is 5.82 Å². The van der Waals surface area contributed by atoms with Gasteiger partial charge in [-0.05, 0) is 26.8 Å². The van der Waals surface area contributed by atoms with E-state index >= 15 is 0 Å². The first kappa shape index (κ1) is 13.7. The predicted molar refractivity (Wildman–Crippen MR) is 80.3 cm³/mol. The number of hydrogen-bond donors (Lipinski definition) is 2. The Morgan fingerprint density at radius 2 is 2.19 bits per heavy atom. The van der Waals surface area contributed by atoms with Crippen molar-refractivity contribution in [1.29, 1.82) is 0 Å². The maximum atomic E-state index is 4.48. The molecule has 0 saturated carbocycles. The number of aromatic nitrogens is 6. The first-order chi connectivity index (χ1) is 10.2. The molecule has 0 aromatic carbocycles. The van der Waals surface area contributed by atoms with Gasteiger partial charge in [0.15, 0.2) is 11.5 Å². The molecular formula is C14H19N7. The Morgan fingerprint density at radius 1 is 1.33 bits per heavy atom. The van der Waals surface area contributed by atoms with Crippen molar-refractivity contribution in [3.63, 3.8) is 0 Å². The predicted octanol–water partition coefficient (Wildman–Crippen LogP) is 1.91. The van der Waals surface area contributed by atoms with Crippen LogP contribution in [-0.2, 0) is 0 Å². The molecule has 3 aromatic rings. The summed E-state index contributed by atoms with van der Waals surface area (Å²) in [6, 6.07) is 0.262. The van der Waals surface area contributed by atoms with E-state index in [1.54, 1.807) is 6.33 Å². The Kier molecular flexibility index (Phi) is 3.66. The number of rotatable bonds is 5. The number of imidazole rings is 1. The lowest BCUT2D eigenvalue weighted by atomic mass is 10.1. The number of hydrogen-bond acceptors (Lipinski definition) is 5. The van der Waals surface area contributed by atoms with Crippen molar-refractivity contribution < 1.29 is 0 Å². The van der Waals surface area contributed by atoms with E-state index in [1.807, 2.05) is 10.9 Å². The third kappa shape index (κ3) is 2.40. The van der Waals surface area contributed by atoms with Gasteiger partial charge in [0.05, 0.1) is 12.5 Å². The Hall–Kier alpha value is -2.28. The Balaban J connectivity index is 2.00. The molecule has 7 nitrogen and oxygen atoms in total. The van der Waals surface area contributed by atoms with E-state index in [0.29, 0.717) is 5.65 Å². The molecule has 0 fully saturated rings. The van der Waals surface area contributed by atoms with E-state index in [9.17, 15) is 0 Å². The van der Waals surface area contributed by atoms with Crippen molar-refractivity contribution in [2.75, 3.05) is 6.54 Å². The maximum absolute atomic E-state index is 4.48. The van der Waals surface area contributed by atoms with E-state index < -0.39 is 0 Å². The second-order valence-electron chi connectivity index (χ2n) is 5.07. The monoisotopic (exact) mass is 285 g/mol. The maximum Gasteiger partial charge on any atom is 0.182 e. The largest absolute Gasteiger partial charge is 0.340 e. The minimum absolute atomic E-state index is 0.262. The summed E-state index contributed by atoms with van der Waals surface area (Å²) in [6.07, 6.45) is 6.14. The molecule has 1 unspecified atom stereocenters. The second kappa shape index (κ2) is 5.61. The lowest BCUT2D eigenvalue weighted by Crippen LogP contribution is -2.19. The standard InChI is InChI=1S/C14H19N7/c1-4-5-15-9(2)11-6-20-21(10(11)3)14-12-13(17-7-16-12)18-8-19-14/h6-9,15H,4-5H2,1-3H3,(H,16,17,18,19).